The van der Waals surface area contributed by atoms with Crippen LogP contribution in [0.3, 0.4) is 0 Å². The predicted molar refractivity (Wildman–Crippen MR) is 70.4 cm³/mol. The summed E-state index contributed by atoms with van der Waals surface area (Å²) in [7, 11) is 0. The molecule has 10 heteroatoms. The lowest BCUT2D eigenvalue weighted by Crippen LogP contribution is -2.29. The number of alkyl halides is 3. The summed E-state index contributed by atoms with van der Waals surface area (Å²) in [5, 5.41) is 18.9. The molecule has 1 atom stereocenters. The Hall–Kier alpha value is -2.39. The third-order valence-electron chi connectivity index (χ3n) is 2.22. The van der Waals surface area contributed by atoms with E-state index in [0.29, 0.717) is 18.1 Å². The maximum atomic E-state index is 10.9. The second kappa shape index (κ2) is 8.80. The van der Waals surface area contributed by atoms with E-state index in [1.807, 2.05) is 6.92 Å². The van der Waals surface area contributed by atoms with Crippen molar-refractivity contribution in [2.75, 3.05) is 5.32 Å². The Morgan fingerprint density at radius 1 is 1.36 bits per heavy atom. The van der Waals surface area contributed by atoms with Crippen LogP contribution in [0.2, 0.25) is 0 Å². The molecule has 0 radical (unpaired) electrons. The number of carbonyl (C=O) groups is 2. The summed E-state index contributed by atoms with van der Waals surface area (Å²) in [6, 6.07) is 1.09. The molecule has 0 aliphatic carbocycles. The van der Waals surface area contributed by atoms with Gasteiger partial charge in [-0.25, -0.2) is 19.6 Å². The first-order chi connectivity index (χ1) is 10.1. The molecule has 0 spiro atoms. The van der Waals surface area contributed by atoms with Crippen LogP contribution in [0.4, 0.5) is 19.0 Å². The van der Waals surface area contributed by atoms with E-state index in [0.717, 1.165) is 6.42 Å². The van der Waals surface area contributed by atoms with Gasteiger partial charge in [0.05, 0.1) is 0 Å². The summed E-state index contributed by atoms with van der Waals surface area (Å²) < 4.78 is 31.7. The van der Waals surface area contributed by atoms with Crippen molar-refractivity contribution in [2.24, 2.45) is 0 Å². The van der Waals surface area contributed by atoms with E-state index in [-0.39, 0.29) is 0 Å². The van der Waals surface area contributed by atoms with Crippen molar-refractivity contribution in [3.05, 3.63) is 18.1 Å². The highest BCUT2D eigenvalue weighted by Crippen LogP contribution is 2.13. The molecular formula is C12H16F3N3O4. The molecule has 1 rings (SSSR count). The van der Waals surface area contributed by atoms with Gasteiger partial charge in [0.25, 0.3) is 0 Å². The first-order valence-corrected chi connectivity index (χ1v) is 6.17. The molecule has 0 amide bonds. The lowest BCUT2D eigenvalue weighted by molar-refractivity contribution is -0.192. The van der Waals surface area contributed by atoms with Crippen LogP contribution in [-0.4, -0.2) is 44.3 Å². The third-order valence-corrected chi connectivity index (χ3v) is 2.22. The smallest absolute Gasteiger partial charge is 0.480 e. The molecule has 0 fully saturated rings. The molecule has 0 saturated heterocycles. The first kappa shape index (κ1) is 19.6. The quantitative estimate of drug-likeness (QED) is 0.760. The summed E-state index contributed by atoms with van der Waals surface area (Å²) in [6.45, 7) is 3.71. The van der Waals surface area contributed by atoms with E-state index >= 15 is 0 Å². The van der Waals surface area contributed by atoms with Crippen LogP contribution < -0.4 is 5.32 Å². The van der Waals surface area contributed by atoms with Crippen molar-refractivity contribution >= 4 is 17.8 Å². The minimum absolute atomic E-state index is 0.559. The Bertz CT molecular complexity index is 509. The molecular weight excluding hydrogens is 307 g/mol. The molecule has 1 heterocycles. The fourth-order valence-electron chi connectivity index (χ4n) is 1.26. The zero-order valence-corrected chi connectivity index (χ0v) is 11.9. The number of halogens is 3. The summed E-state index contributed by atoms with van der Waals surface area (Å²) in [4.78, 5) is 27.8. The van der Waals surface area contributed by atoms with E-state index < -0.39 is 24.2 Å². The van der Waals surface area contributed by atoms with Gasteiger partial charge in [0.1, 0.15) is 17.7 Å². The number of anilines is 1. The van der Waals surface area contributed by atoms with Crippen molar-refractivity contribution in [1.82, 2.24) is 9.97 Å². The van der Waals surface area contributed by atoms with Gasteiger partial charge in [-0.2, -0.15) is 13.2 Å². The van der Waals surface area contributed by atoms with Gasteiger partial charge >= 0.3 is 18.1 Å². The Morgan fingerprint density at radius 2 is 1.91 bits per heavy atom. The average Bonchev–Trinajstić information content (AvgIpc) is 2.37. The molecule has 1 aromatic rings. The highest BCUT2D eigenvalue weighted by molar-refractivity contribution is 5.76. The highest BCUT2D eigenvalue weighted by Gasteiger charge is 2.38. The van der Waals surface area contributed by atoms with Crippen molar-refractivity contribution in [3.8, 4) is 0 Å². The SMILES string of the molecule is CCCC(Nc1ccnc(C)n1)C(=O)O.O=C(O)C(F)(F)F. The fraction of sp³-hybridized carbons (Fsp3) is 0.500. The van der Waals surface area contributed by atoms with E-state index in [9.17, 15) is 18.0 Å². The highest BCUT2D eigenvalue weighted by atomic mass is 19.4. The van der Waals surface area contributed by atoms with Crippen LogP contribution in [-0.2, 0) is 9.59 Å². The van der Waals surface area contributed by atoms with E-state index in [4.69, 9.17) is 15.0 Å². The van der Waals surface area contributed by atoms with E-state index in [1.54, 1.807) is 19.2 Å². The van der Waals surface area contributed by atoms with E-state index in [1.165, 1.54) is 0 Å². The number of hydrogen-bond donors (Lipinski definition) is 3. The van der Waals surface area contributed by atoms with Crippen molar-refractivity contribution in [1.29, 1.82) is 0 Å². The van der Waals surface area contributed by atoms with Gasteiger partial charge in [0.15, 0.2) is 0 Å². The van der Waals surface area contributed by atoms with Crippen LogP contribution in [0.1, 0.15) is 25.6 Å². The standard InChI is InChI=1S/C10H15N3O2.C2HF3O2/c1-3-4-8(10(14)15)13-9-5-6-11-7(2)12-9;3-2(4,5)1(6)7/h5-6,8H,3-4H2,1-2H3,(H,14,15)(H,11,12,13);(H,6,7). The molecule has 0 saturated carbocycles. The monoisotopic (exact) mass is 323 g/mol. The van der Waals surface area contributed by atoms with Gasteiger partial charge in [0.2, 0.25) is 0 Å². The summed E-state index contributed by atoms with van der Waals surface area (Å²) >= 11 is 0. The lowest BCUT2D eigenvalue weighted by Gasteiger charge is -2.13. The Balaban J connectivity index is 0.000000534. The minimum Gasteiger partial charge on any atom is -0.480 e. The molecule has 1 aromatic heterocycles. The predicted octanol–water partition coefficient (Wildman–Crippen LogP) is 2.08. The van der Waals surface area contributed by atoms with Gasteiger partial charge in [-0.15, -0.1) is 0 Å². The number of nitrogens with one attached hydrogen (secondary N) is 1. The molecule has 0 aliphatic heterocycles. The van der Waals surface area contributed by atoms with Gasteiger partial charge in [-0.1, -0.05) is 13.3 Å². The zero-order valence-electron chi connectivity index (χ0n) is 11.9. The average molecular weight is 323 g/mol. The Morgan fingerprint density at radius 3 is 2.27 bits per heavy atom. The number of aromatic nitrogens is 2. The number of carboxylic acid groups (broad SMARTS) is 2. The van der Waals surface area contributed by atoms with Crippen LogP contribution in [0.25, 0.3) is 0 Å². The number of hydrogen-bond acceptors (Lipinski definition) is 5. The lowest BCUT2D eigenvalue weighted by atomic mass is 10.2. The van der Waals surface area contributed by atoms with Crippen molar-refractivity contribution in [2.45, 2.75) is 38.9 Å². The number of carboxylic acids is 2. The van der Waals surface area contributed by atoms with Gasteiger partial charge < -0.3 is 15.5 Å². The van der Waals surface area contributed by atoms with Gasteiger partial charge in [0, 0.05) is 6.20 Å². The largest absolute Gasteiger partial charge is 0.490 e. The summed E-state index contributed by atoms with van der Waals surface area (Å²) in [6.07, 6.45) is -2.08. The first-order valence-electron chi connectivity index (χ1n) is 6.17. The second-order valence-electron chi connectivity index (χ2n) is 4.12. The number of aliphatic carboxylic acids is 2. The zero-order chi connectivity index (χ0) is 17.3. The normalized spacial score (nSPS) is 11.9. The second-order valence-corrected chi connectivity index (χ2v) is 4.12. The minimum atomic E-state index is -5.08. The van der Waals surface area contributed by atoms with Gasteiger partial charge in [-0.05, 0) is 19.4 Å². The molecule has 0 bridgehead atoms. The number of nitrogens with zero attached hydrogens (tertiary/aromatic N) is 2. The number of rotatable bonds is 5. The summed E-state index contributed by atoms with van der Waals surface area (Å²) in [5.74, 6) is -2.43. The third kappa shape index (κ3) is 8.02. The summed E-state index contributed by atoms with van der Waals surface area (Å²) in [5.41, 5.74) is 0. The van der Waals surface area contributed by atoms with Crippen LogP contribution in [0, 0.1) is 6.92 Å². The molecule has 0 aromatic carbocycles. The maximum Gasteiger partial charge on any atom is 0.490 e. The Kier molecular flexibility index (Phi) is 7.84. The molecule has 22 heavy (non-hydrogen) atoms. The molecule has 7 nitrogen and oxygen atoms in total. The van der Waals surface area contributed by atoms with Crippen LogP contribution >= 0.6 is 0 Å². The number of aryl methyl sites for hydroxylation is 1. The Labute approximate surface area is 124 Å². The topological polar surface area (TPSA) is 112 Å². The van der Waals surface area contributed by atoms with Crippen LogP contribution in [0.15, 0.2) is 12.3 Å². The molecule has 124 valence electrons. The van der Waals surface area contributed by atoms with Crippen LogP contribution in [0.5, 0.6) is 0 Å². The van der Waals surface area contributed by atoms with E-state index in [2.05, 4.69) is 15.3 Å². The molecule has 3 N–H and O–H groups in total. The fourth-order valence-corrected chi connectivity index (χ4v) is 1.26. The molecule has 1 unspecified atom stereocenters. The van der Waals surface area contributed by atoms with Crippen molar-refractivity contribution < 1.29 is 33.0 Å². The maximum absolute atomic E-state index is 10.9. The van der Waals surface area contributed by atoms with Crippen molar-refractivity contribution in [3.63, 3.8) is 0 Å². The van der Waals surface area contributed by atoms with Gasteiger partial charge in [-0.3, -0.25) is 0 Å². The molecule has 0 aliphatic rings.